The summed E-state index contributed by atoms with van der Waals surface area (Å²) in [4.78, 5) is 0. The molecule has 0 aliphatic carbocycles. The van der Waals surface area contributed by atoms with E-state index in [4.69, 9.17) is 14.6 Å². The number of ether oxygens (including phenoxy) is 2. The van der Waals surface area contributed by atoms with E-state index in [1.165, 1.54) is 6.07 Å². The van der Waals surface area contributed by atoms with Gasteiger partial charge in [0, 0.05) is 24.2 Å². The highest BCUT2D eigenvalue weighted by Crippen LogP contribution is 2.32. The van der Waals surface area contributed by atoms with Crippen LogP contribution in [0.2, 0.25) is 0 Å². The second-order valence-corrected chi connectivity index (χ2v) is 5.83. The van der Waals surface area contributed by atoms with Gasteiger partial charge in [0.2, 0.25) is 0 Å². The van der Waals surface area contributed by atoms with Crippen LogP contribution in [0.3, 0.4) is 0 Å². The number of nitrogens with one attached hydrogen (secondary N) is 2. The summed E-state index contributed by atoms with van der Waals surface area (Å²) in [6, 6.07) is 12.3. The van der Waals surface area contributed by atoms with Gasteiger partial charge in [-0.25, -0.2) is 4.39 Å². The molecule has 0 aliphatic rings. The molecule has 0 aliphatic heterocycles. The molecule has 0 bridgehead atoms. The van der Waals surface area contributed by atoms with E-state index in [2.05, 4.69) is 10.6 Å². The van der Waals surface area contributed by atoms with Gasteiger partial charge in [-0.3, -0.25) is 0 Å². The third kappa shape index (κ3) is 8.63. The number of methoxy groups -OCH3 is 1. The minimum Gasteiger partial charge on any atom is -0.493 e. The molecule has 0 spiro atoms. The summed E-state index contributed by atoms with van der Waals surface area (Å²) in [5.41, 5.74) is 1.47. The van der Waals surface area contributed by atoms with Crippen molar-refractivity contribution in [2.75, 3.05) is 33.4 Å². The SMILES string of the molecule is COc1cccc(CNCCCNCCO)c1OCc1ccccc1F.Cl.Cl. The first kappa shape index (κ1) is 26.4. The Labute approximate surface area is 178 Å². The molecule has 0 saturated heterocycles. The van der Waals surface area contributed by atoms with Crippen LogP contribution in [0.15, 0.2) is 42.5 Å². The number of hydrogen-bond donors (Lipinski definition) is 3. The molecule has 5 nitrogen and oxygen atoms in total. The summed E-state index contributed by atoms with van der Waals surface area (Å²) >= 11 is 0. The predicted octanol–water partition coefficient (Wildman–Crippen LogP) is 3.32. The highest BCUT2D eigenvalue weighted by molar-refractivity contribution is 5.85. The second-order valence-electron chi connectivity index (χ2n) is 5.83. The number of rotatable bonds is 12. The van der Waals surface area contributed by atoms with Gasteiger partial charge in [-0.1, -0.05) is 30.3 Å². The molecular formula is C20H29Cl2FN2O3. The summed E-state index contributed by atoms with van der Waals surface area (Å²) in [6.45, 7) is 3.23. The Balaban J connectivity index is 0.00000364. The molecule has 0 fully saturated rings. The van der Waals surface area contributed by atoms with Crippen LogP contribution in [-0.2, 0) is 13.2 Å². The fourth-order valence-corrected chi connectivity index (χ4v) is 2.56. The van der Waals surface area contributed by atoms with Crippen LogP contribution in [0.4, 0.5) is 4.39 Å². The molecule has 0 heterocycles. The van der Waals surface area contributed by atoms with E-state index in [1.807, 2.05) is 18.2 Å². The molecule has 0 saturated carbocycles. The van der Waals surface area contributed by atoms with Gasteiger partial charge in [0.05, 0.1) is 13.7 Å². The molecule has 2 rings (SSSR count). The van der Waals surface area contributed by atoms with Crippen molar-refractivity contribution < 1.29 is 19.0 Å². The molecule has 0 amide bonds. The number of aliphatic hydroxyl groups is 1. The predicted molar refractivity (Wildman–Crippen MR) is 115 cm³/mol. The van der Waals surface area contributed by atoms with E-state index in [1.54, 1.807) is 25.3 Å². The van der Waals surface area contributed by atoms with Crippen LogP contribution >= 0.6 is 24.8 Å². The summed E-state index contributed by atoms with van der Waals surface area (Å²) in [6.07, 6.45) is 0.954. The lowest BCUT2D eigenvalue weighted by atomic mass is 10.1. The molecule has 158 valence electrons. The van der Waals surface area contributed by atoms with Gasteiger partial charge >= 0.3 is 0 Å². The number of halogens is 3. The van der Waals surface area contributed by atoms with Crippen LogP contribution in [0, 0.1) is 5.82 Å². The average molecular weight is 435 g/mol. The Bertz CT molecular complexity index is 678. The van der Waals surface area contributed by atoms with Gasteiger partial charge in [0.1, 0.15) is 12.4 Å². The van der Waals surface area contributed by atoms with Crippen LogP contribution in [0.5, 0.6) is 11.5 Å². The first-order valence-electron chi connectivity index (χ1n) is 8.80. The highest BCUT2D eigenvalue weighted by Gasteiger charge is 2.12. The molecule has 3 N–H and O–H groups in total. The van der Waals surface area contributed by atoms with Crippen molar-refractivity contribution in [3.8, 4) is 11.5 Å². The van der Waals surface area contributed by atoms with Gasteiger partial charge < -0.3 is 25.2 Å². The van der Waals surface area contributed by atoms with E-state index in [0.29, 0.717) is 30.2 Å². The molecule has 28 heavy (non-hydrogen) atoms. The number of para-hydroxylation sites is 1. The van der Waals surface area contributed by atoms with E-state index < -0.39 is 0 Å². The molecule has 2 aromatic rings. The largest absolute Gasteiger partial charge is 0.493 e. The van der Waals surface area contributed by atoms with Gasteiger partial charge in [0.25, 0.3) is 0 Å². The lowest BCUT2D eigenvalue weighted by Gasteiger charge is -2.16. The van der Waals surface area contributed by atoms with Crippen molar-refractivity contribution in [3.05, 3.63) is 59.4 Å². The van der Waals surface area contributed by atoms with Gasteiger partial charge in [-0.05, 0) is 31.6 Å². The van der Waals surface area contributed by atoms with Crippen molar-refractivity contribution in [2.24, 2.45) is 0 Å². The zero-order valence-electron chi connectivity index (χ0n) is 15.9. The maximum absolute atomic E-state index is 13.8. The lowest BCUT2D eigenvalue weighted by Crippen LogP contribution is -2.24. The monoisotopic (exact) mass is 434 g/mol. The van der Waals surface area contributed by atoms with Gasteiger partial charge in [-0.2, -0.15) is 0 Å². The standard InChI is InChI=1S/C20H27FN2O3.2ClH/c1-25-19-9-4-7-16(14-23-11-5-10-22-12-13-24)20(19)26-15-17-6-2-3-8-18(17)21;;/h2-4,6-9,22-24H,5,10-15H2,1H3;2*1H. The molecule has 0 atom stereocenters. The van der Waals surface area contributed by atoms with Crippen LogP contribution in [0.1, 0.15) is 17.5 Å². The van der Waals surface area contributed by atoms with Crippen molar-refractivity contribution in [2.45, 2.75) is 19.6 Å². The normalized spacial score (nSPS) is 9.96. The maximum Gasteiger partial charge on any atom is 0.166 e. The minimum absolute atomic E-state index is 0. The van der Waals surface area contributed by atoms with E-state index in [-0.39, 0.29) is 43.8 Å². The number of hydrogen-bond acceptors (Lipinski definition) is 5. The molecular weight excluding hydrogens is 406 g/mol. The topological polar surface area (TPSA) is 62.8 Å². The fourth-order valence-electron chi connectivity index (χ4n) is 2.56. The zero-order chi connectivity index (χ0) is 18.6. The summed E-state index contributed by atoms with van der Waals surface area (Å²) in [5, 5.41) is 15.2. The Kier molecular flexibility index (Phi) is 14.5. The third-order valence-electron chi connectivity index (χ3n) is 3.92. The highest BCUT2D eigenvalue weighted by atomic mass is 35.5. The van der Waals surface area contributed by atoms with Crippen LogP contribution < -0.4 is 20.1 Å². The number of benzene rings is 2. The fraction of sp³-hybridized carbons (Fsp3) is 0.400. The van der Waals surface area contributed by atoms with Gasteiger partial charge in [0.15, 0.2) is 11.5 Å². The molecule has 8 heteroatoms. The van der Waals surface area contributed by atoms with E-state index in [9.17, 15) is 4.39 Å². The average Bonchev–Trinajstić information content (AvgIpc) is 2.67. The van der Waals surface area contributed by atoms with Crippen molar-refractivity contribution in [1.82, 2.24) is 10.6 Å². The summed E-state index contributed by atoms with van der Waals surface area (Å²) < 4.78 is 25.1. The lowest BCUT2D eigenvalue weighted by molar-refractivity contribution is 0.276. The second kappa shape index (κ2) is 15.4. The Morgan fingerprint density at radius 3 is 2.36 bits per heavy atom. The van der Waals surface area contributed by atoms with E-state index >= 15 is 0 Å². The Morgan fingerprint density at radius 2 is 1.64 bits per heavy atom. The number of aliphatic hydroxyl groups excluding tert-OH is 1. The maximum atomic E-state index is 13.8. The Hall–Kier alpha value is -1.57. The molecule has 0 radical (unpaired) electrons. The van der Waals surface area contributed by atoms with Crippen LogP contribution in [-0.4, -0.2) is 38.5 Å². The first-order chi connectivity index (χ1) is 12.8. The molecule has 2 aromatic carbocycles. The van der Waals surface area contributed by atoms with Crippen LogP contribution in [0.25, 0.3) is 0 Å². The zero-order valence-corrected chi connectivity index (χ0v) is 17.6. The quantitative estimate of drug-likeness (QED) is 0.447. The van der Waals surface area contributed by atoms with Gasteiger partial charge in [-0.15, -0.1) is 24.8 Å². The van der Waals surface area contributed by atoms with E-state index in [0.717, 1.165) is 25.1 Å². The minimum atomic E-state index is -0.280. The van der Waals surface area contributed by atoms with Crippen molar-refractivity contribution in [3.63, 3.8) is 0 Å². The first-order valence-corrected chi connectivity index (χ1v) is 8.80. The summed E-state index contributed by atoms with van der Waals surface area (Å²) in [5.74, 6) is 0.979. The van der Waals surface area contributed by atoms with Crippen molar-refractivity contribution >= 4 is 24.8 Å². The smallest absolute Gasteiger partial charge is 0.166 e. The molecule has 0 aromatic heterocycles. The van der Waals surface area contributed by atoms with Crippen molar-refractivity contribution in [1.29, 1.82) is 0 Å². The molecule has 0 unspecified atom stereocenters. The third-order valence-corrected chi connectivity index (χ3v) is 3.92. The summed E-state index contributed by atoms with van der Waals surface area (Å²) in [7, 11) is 1.59. The Morgan fingerprint density at radius 1 is 0.929 bits per heavy atom.